The van der Waals surface area contributed by atoms with Crippen molar-refractivity contribution in [3.8, 4) is 0 Å². The van der Waals surface area contributed by atoms with Crippen LogP contribution in [0.3, 0.4) is 0 Å². The predicted octanol–water partition coefficient (Wildman–Crippen LogP) is 4.10. The molecular formula is C18H22ClF3N4. The summed E-state index contributed by atoms with van der Waals surface area (Å²) in [6.45, 7) is 0.739. The van der Waals surface area contributed by atoms with Crippen LogP contribution in [0.25, 0.3) is 0 Å². The van der Waals surface area contributed by atoms with Crippen LogP contribution in [0.1, 0.15) is 37.1 Å². The predicted molar refractivity (Wildman–Crippen MR) is 95.7 cm³/mol. The van der Waals surface area contributed by atoms with Crippen LogP contribution in [-0.4, -0.2) is 34.0 Å². The average molecular weight is 387 g/mol. The molecule has 2 aromatic rings. The van der Waals surface area contributed by atoms with Crippen molar-refractivity contribution in [3.05, 3.63) is 41.7 Å². The van der Waals surface area contributed by atoms with Crippen LogP contribution in [0.5, 0.6) is 0 Å². The Bertz CT molecular complexity index is 748. The first-order chi connectivity index (χ1) is 11.9. The summed E-state index contributed by atoms with van der Waals surface area (Å²) in [4.78, 5) is 1.93. The molecule has 0 amide bonds. The number of piperidine rings is 1. The van der Waals surface area contributed by atoms with Gasteiger partial charge in [0.2, 0.25) is 5.95 Å². The summed E-state index contributed by atoms with van der Waals surface area (Å²) < 4.78 is 40.5. The summed E-state index contributed by atoms with van der Waals surface area (Å²) in [6, 6.07) is 10.3. The molecule has 1 aliphatic carbocycles. The van der Waals surface area contributed by atoms with E-state index in [1.807, 2.05) is 34.7 Å². The van der Waals surface area contributed by atoms with Gasteiger partial charge in [-0.2, -0.15) is 13.2 Å². The normalized spacial score (nSPS) is 19.9. The molecule has 0 spiro atoms. The molecule has 0 unspecified atom stereocenters. The van der Waals surface area contributed by atoms with Gasteiger partial charge in [0.05, 0.1) is 11.3 Å². The number of aromatic nitrogens is 3. The van der Waals surface area contributed by atoms with Gasteiger partial charge in [0.15, 0.2) is 0 Å². The van der Waals surface area contributed by atoms with Gasteiger partial charge in [0, 0.05) is 20.1 Å². The van der Waals surface area contributed by atoms with Crippen molar-refractivity contribution >= 4 is 18.4 Å². The highest BCUT2D eigenvalue weighted by atomic mass is 35.5. The minimum atomic E-state index is -4.09. The van der Waals surface area contributed by atoms with E-state index in [9.17, 15) is 13.2 Å². The summed E-state index contributed by atoms with van der Waals surface area (Å²) in [5.74, 6) is 0.389. The second-order valence-corrected chi connectivity index (χ2v) is 7.13. The van der Waals surface area contributed by atoms with E-state index in [0.717, 1.165) is 18.7 Å². The lowest BCUT2D eigenvalue weighted by Gasteiger charge is -2.33. The van der Waals surface area contributed by atoms with Crippen LogP contribution in [0.2, 0.25) is 0 Å². The monoisotopic (exact) mass is 386 g/mol. The third-order valence-corrected chi connectivity index (χ3v) is 5.60. The van der Waals surface area contributed by atoms with E-state index in [-0.39, 0.29) is 30.7 Å². The van der Waals surface area contributed by atoms with Crippen molar-refractivity contribution in [2.75, 3.05) is 18.0 Å². The highest BCUT2D eigenvalue weighted by Crippen LogP contribution is 2.53. The zero-order valence-corrected chi connectivity index (χ0v) is 15.4. The molecule has 1 saturated heterocycles. The van der Waals surface area contributed by atoms with Crippen molar-refractivity contribution < 1.29 is 13.2 Å². The van der Waals surface area contributed by atoms with Crippen LogP contribution in [0.4, 0.5) is 19.1 Å². The third kappa shape index (κ3) is 3.17. The van der Waals surface area contributed by atoms with E-state index in [4.69, 9.17) is 0 Å². The quantitative estimate of drug-likeness (QED) is 0.796. The maximum atomic E-state index is 12.9. The first-order valence-electron chi connectivity index (χ1n) is 8.69. The Labute approximate surface area is 156 Å². The molecule has 0 bridgehead atoms. The molecule has 4 nitrogen and oxygen atoms in total. The van der Waals surface area contributed by atoms with Crippen LogP contribution in [-0.2, 0) is 12.5 Å². The molecular weight excluding hydrogens is 365 g/mol. The van der Waals surface area contributed by atoms with Crippen LogP contribution < -0.4 is 4.90 Å². The molecule has 1 aromatic carbocycles. The van der Waals surface area contributed by atoms with E-state index in [2.05, 4.69) is 22.3 Å². The fourth-order valence-electron chi connectivity index (χ4n) is 3.94. The molecule has 0 N–H and O–H groups in total. The van der Waals surface area contributed by atoms with Gasteiger partial charge in [-0.1, -0.05) is 30.3 Å². The Morgan fingerprint density at radius 2 is 1.65 bits per heavy atom. The zero-order valence-electron chi connectivity index (χ0n) is 14.5. The summed E-state index contributed by atoms with van der Waals surface area (Å²) in [5, 5.41) is 8.73. The van der Waals surface area contributed by atoms with Gasteiger partial charge in [-0.3, -0.25) is 4.57 Å². The fraction of sp³-hybridized carbons (Fsp3) is 0.556. The second-order valence-electron chi connectivity index (χ2n) is 7.13. The molecule has 26 heavy (non-hydrogen) atoms. The van der Waals surface area contributed by atoms with E-state index < -0.39 is 12.1 Å². The molecule has 4 rings (SSSR count). The smallest absolute Gasteiger partial charge is 0.341 e. The van der Waals surface area contributed by atoms with Crippen LogP contribution in [0.15, 0.2) is 30.3 Å². The minimum absolute atomic E-state index is 0. The molecule has 0 radical (unpaired) electrons. The number of rotatable bonds is 3. The number of alkyl halides is 3. The standard InChI is InChI=1S/C18H21F3N4.ClH/c1-24-15(17(9-10-17)13-5-3-2-4-6-13)22-23-16(24)25-11-7-14(8-12-25)18(19,20)21;/h2-6,14H,7-12H2,1H3;1H. The summed E-state index contributed by atoms with van der Waals surface area (Å²) in [6.07, 6.45) is -1.80. The van der Waals surface area contributed by atoms with E-state index in [1.54, 1.807) is 0 Å². The maximum absolute atomic E-state index is 12.9. The van der Waals surface area contributed by atoms with Crippen molar-refractivity contribution in [2.24, 2.45) is 13.0 Å². The van der Waals surface area contributed by atoms with Gasteiger partial charge in [0.25, 0.3) is 0 Å². The summed E-state index contributed by atoms with van der Waals surface area (Å²) >= 11 is 0. The van der Waals surface area contributed by atoms with Crippen molar-refractivity contribution in [1.29, 1.82) is 0 Å². The summed E-state index contributed by atoms with van der Waals surface area (Å²) in [7, 11) is 1.92. The van der Waals surface area contributed by atoms with E-state index >= 15 is 0 Å². The van der Waals surface area contributed by atoms with Crippen LogP contribution in [0, 0.1) is 5.92 Å². The largest absolute Gasteiger partial charge is 0.391 e. The lowest BCUT2D eigenvalue weighted by molar-refractivity contribution is -0.179. The summed E-state index contributed by atoms with van der Waals surface area (Å²) in [5.41, 5.74) is 1.14. The highest BCUT2D eigenvalue weighted by Gasteiger charge is 2.50. The van der Waals surface area contributed by atoms with Gasteiger partial charge in [-0.05, 0) is 31.2 Å². The van der Waals surface area contributed by atoms with Gasteiger partial charge < -0.3 is 4.90 Å². The number of anilines is 1. The number of hydrogen-bond donors (Lipinski definition) is 0. The molecule has 2 fully saturated rings. The Hall–Kier alpha value is -1.76. The number of benzene rings is 1. The Kier molecular flexibility index (Phi) is 4.94. The molecule has 1 aromatic heterocycles. The molecule has 2 aliphatic rings. The van der Waals surface area contributed by atoms with Gasteiger partial charge >= 0.3 is 6.18 Å². The van der Waals surface area contributed by atoms with Crippen molar-refractivity contribution in [3.63, 3.8) is 0 Å². The first-order valence-corrected chi connectivity index (χ1v) is 8.69. The van der Waals surface area contributed by atoms with Gasteiger partial charge in [-0.25, -0.2) is 0 Å². The Balaban J connectivity index is 0.00000196. The van der Waals surface area contributed by atoms with E-state index in [0.29, 0.717) is 19.0 Å². The molecule has 2 heterocycles. The van der Waals surface area contributed by atoms with Crippen LogP contribution >= 0.6 is 12.4 Å². The van der Waals surface area contributed by atoms with Gasteiger partial charge in [0.1, 0.15) is 5.82 Å². The third-order valence-electron chi connectivity index (χ3n) is 5.60. The number of nitrogens with zero attached hydrogens (tertiary/aromatic N) is 4. The average Bonchev–Trinajstić information content (AvgIpc) is 3.32. The lowest BCUT2D eigenvalue weighted by Crippen LogP contribution is -2.40. The Morgan fingerprint density at radius 1 is 1.04 bits per heavy atom. The number of halogens is 4. The topological polar surface area (TPSA) is 34.0 Å². The minimum Gasteiger partial charge on any atom is -0.341 e. The molecule has 142 valence electrons. The lowest BCUT2D eigenvalue weighted by atomic mass is 9.95. The van der Waals surface area contributed by atoms with E-state index in [1.165, 1.54) is 5.56 Å². The fourth-order valence-corrected chi connectivity index (χ4v) is 3.94. The second kappa shape index (κ2) is 6.76. The molecule has 1 aliphatic heterocycles. The SMILES string of the molecule is Cl.Cn1c(N2CCC(C(F)(F)F)CC2)nnc1C1(c2ccccc2)CC1. The maximum Gasteiger partial charge on any atom is 0.391 e. The molecule has 0 atom stereocenters. The Morgan fingerprint density at radius 3 is 2.19 bits per heavy atom. The van der Waals surface area contributed by atoms with Gasteiger partial charge in [-0.15, -0.1) is 22.6 Å². The highest BCUT2D eigenvalue weighted by molar-refractivity contribution is 5.85. The first kappa shape index (κ1) is 19.0. The van der Waals surface area contributed by atoms with Crippen molar-refractivity contribution in [2.45, 2.75) is 37.3 Å². The molecule has 1 saturated carbocycles. The zero-order chi connectivity index (χ0) is 17.7. The molecule has 8 heteroatoms. The van der Waals surface area contributed by atoms with Crippen molar-refractivity contribution in [1.82, 2.24) is 14.8 Å². The number of hydrogen-bond acceptors (Lipinski definition) is 3.